The van der Waals surface area contributed by atoms with Crippen LogP contribution >= 0.6 is 0 Å². The van der Waals surface area contributed by atoms with Crippen LogP contribution in [-0.4, -0.2) is 22.3 Å². The summed E-state index contributed by atoms with van der Waals surface area (Å²) >= 11 is 0. The van der Waals surface area contributed by atoms with Gasteiger partial charge in [0.15, 0.2) is 0 Å². The fourth-order valence-electron chi connectivity index (χ4n) is 3.26. The van der Waals surface area contributed by atoms with Crippen LogP contribution in [0.5, 0.6) is 0 Å². The number of aliphatic hydroxyl groups is 1. The first-order valence-corrected chi connectivity index (χ1v) is 8.17. The highest BCUT2D eigenvalue weighted by atomic mass is 16.5. The summed E-state index contributed by atoms with van der Waals surface area (Å²) in [6, 6.07) is 9.07. The van der Waals surface area contributed by atoms with Gasteiger partial charge in [0.25, 0.3) is 5.91 Å². The van der Waals surface area contributed by atoms with E-state index in [4.69, 9.17) is 4.52 Å². The fourth-order valence-corrected chi connectivity index (χ4v) is 3.26. The van der Waals surface area contributed by atoms with Gasteiger partial charge in [-0.15, -0.1) is 0 Å². The lowest BCUT2D eigenvalue weighted by Gasteiger charge is -2.16. The number of benzene rings is 1. The molecule has 3 rings (SSSR count). The van der Waals surface area contributed by atoms with Crippen molar-refractivity contribution in [2.24, 2.45) is 0 Å². The van der Waals surface area contributed by atoms with Crippen molar-refractivity contribution in [2.75, 3.05) is 0 Å². The van der Waals surface area contributed by atoms with Crippen molar-refractivity contribution in [3.8, 4) is 0 Å². The number of carbonyl (C=O) groups is 1. The Morgan fingerprint density at radius 3 is 2.87 bits per heavy atom. The summed E-state index contributed by atoms with van der Waals surface area (Å²) < 4.78 is 5.20. The predicted molar refractivity (Wildman–Crippen MR) is 86.2 cm³/mol. The van der Waals surface area contributed by atoms with Gasteiger partial charge in [-0.1, -0.05) is 43.3 Å². The molecule has 1 aromatic carbocycles. The van der Waals surface area contributed by atoms with Crippen molar-refractivity contribution in [3.63, 3.8) is 0 Å². The van der Waals surface area contributed by atoms with Crippen LogP contribution < -0.4 is 5.32 Å². The normalized spacial score (nSPS) is 19.8. The summed E-state index contributed by atoms with van der Waals surface area (Å²) in [6.45, 7) is 4.18. The first-order valence-electron chi connectivity index (χ1n) is 8.17. The van der Waals surface area contributed by atoms with E-state index in [0.717, 1.165) is 29.7 Å². The van der Waals surface area contributed by atoms with Gasteiger partial charge in [-0.25, -0.2) is 0 Å². The quantitative estimate of drug-likeness (QED) is 0.889. The van der Waals surface area contributed by atoms with Crippen molar-refractivity contribution in [3.05, 3.63) is 52.9 Å². The van der Waals surface area contributed by atoms with Crippen LogP contribution in [0, 0.1) is 0 Å². The van der Waals surface area contributed by atoms with Gasteiger partial charge in [-0.3, -0.25) is 4.79 Å². The molecule has 2 aromatic rings. The number of carbonyl (C=O) groups excluding carboxylic acids is 1. The van der Waals surface area contributed by atoms with Crippen LogP contribution in [0.4, 0.5) is 0 Å². The molecule has 1 amide bonds. The summed E-state index contributed by atoms with van der Waals surface area (Å²) in [4.78, 5) is 12.4. The van der Waals surface area contributed by atoms with E-state index in [2.05, 4.69) is 24.3 Å². The molecule has 1 aliphatic carbocycles. The number of rotatable bonds is 5. The van der Waals surface area contributed by atoms with Gasteiger partial charge in [0.2, 0.25) is 5.76 Å². The molecule has 1 heterocycles. The Balaban J connectivity index is 1.75. The third kappa shape index (κ3) is 3.01. The first-order chi connectivity index (χ1) is 11.1. The van der Waals surface area contributed by atoms with E-state index in [1.54, 1.807) is 6.07 Å². The minimum Gasteiger partial charge on any atom is -0.390 e. The number of fused-ring (bicyclic) bond motifs is 1. The monoisotopic (exact) mass is 314 g/mol. The average molecular weight is 314 g/mol. The maximum atomic E-state index is 12.4. The second kappa shape index (κ2) is 6.54. The molecule has 5 nitrogen and oxygen atoms in total. The Morgan fingerprint density at radius 1 is 1.39 bits per heavy atom. The number of nitrogens with zero attached hydrogens (tertiary/aromatic N) is 1. The number of nitrogens with one attached hydrogen (secondary N) is 1. The van der Waals surface area contributed by atoms with Gasteiger partial charge in [-0.2, -0.15) is 0 Å². The predicted octanol–water partition coefficient (Wildman–Crippen LogP) is 2.97. The summed E-state index contributed by atoms with van der Waals surface area (Å²) in [5.41, 5.74) is 2.85. The Bertz CT molecular complexity index is 691. The van der Waals surface area contributed by atoms with Crippen LogP contribution in [0.15, 0.2) is 34.9 Å². The van der Waals surface area contributed by atoms with Gasteiger partial charge in [-0.05, 0) is 24.0 Å². The van der Waals surface area contributed by atoms with Gasteiger partial charge in [0, 0.05) is 18.4 Å². The van der Waals surface area contributed by atoms with E-state index < -0.39 is 12.1 Å². The molecular formula is C18H22N2O3. The Kier molecular flexibility index (Phi) is 4.48. The van der Waals surface area contributed by atoms with Gasteiger partial charge in [0.05, 0.1) is 17.8 Å². The molecule has 1 aliphatic rings. The molecule has 2 N–H and O–H groups in total. The van der Waals surface area contributed by atoms with Crippen molar-refractivity contribution >= 4 is 5.91 Å². The zero-order valence-electron chi connectivity index (χ0n) is 13.5. The van der Waals surface area contributed by atoms with Gasteiger partial charge < -0.3 is 14.9 Å². The maximum absolute atomic E-state index is 12.4. The Hall–Kier alpha value is -2.14. The van der Waals surface area contributed by atoms with Crippen molar-refractivity contribution in [1.29, 1.82) is 0 Å². The van der Waals surface area contributed by atoms with Crippen LogP contribution in [0.2, 0.25) is 0 Å². The van der Waals surface area contributed by atoms with Crippen molar-refractivity contribution < 1.29 is 14.4 Å². The molecule has 0 saturated heterocycles. The SMILES string of the molecule is CCC(CC)c1cc(C(=O)NC2c3ccccc3CC2O)on1. The van der Waals surface area contributed by atoms with E-state index in [-0.39, 0.29) is 11.7 Å². The molecule has 5 heteroatoms. The molecule has 122 valence electrons. The minimum atomic E-state index is -0.613. The third-order valence-corrected chi connectivity index (χ3v) is 4.65. The molecule has 0 saturated carbocycles. The van der Waals surface area contributed by atoms with E-state index in [9.17, 15) is 9.90 Å². The lowest BCUT2D eigenvalue weighted by Crippen LogP contribution is -2.33. The molecule has 23 heavy (non-hydrogen) atoms. The summed E-state index contributed by atoms with van der Waals surface area (Å²) in [6.07, 6.45) is 1.85. The maximum Gasteiger partial charge on any atom is 0.290 e. The summed E-state index contributed by atoms with van der Waals surface area (Å²) in [5, 5.41) is 17.1. The lowest BCUT2D eigenvalue weighted by molar-refractivity contribution is 0.0823. The van der Waals surface area contributed by atoms with Gasteiger partial charge >= 0.3 is 0 Å². The smallest absolute Gasteiger partial charge is 0.290 e. The molecule has 2 atom stereocenters. The van der Waals surface area contributed by atoms with Crippen LogP contribution in [-0.2, 0) is 6.42 Å². The number of aliphatic hydroxyl groups excluding tert-OH is 1. The molecule has 1 aromatic heterocycles. The number of amides is 1. The number of hydrogen-bond acceptors (Lipinski definition) is 4. The average Bonchev–Trinajstić information content (AvgIpc) is 3.15. The first kappa shape index (κ1) is 15.7. The van der Waals surface area contributed by atoms with E-state index in [1.807, 2.05) is 24.3 Å². The minimum absolute atomic E-state index is 0.198. The van der Waals surface area contributed by atoms with Crippen molar-refractivity contribution in [1.82, 2.24) is 10.5 Å². The summed E-state index contributed by atoms with van der Waals surface area (Å²) in [5.74, 6) is 0.164. The highest BCUT2D eigenvalue weighted by Gasteiger charge is 2.32. The highest BCUT2D eigenvalue weighted by molar-refractivity contribution is 5.91. The largest absolute Gasteiger partial charge is 0.390 e. The molecule has 2 unspecified atom stereocenters. The zero-order valence-corrected chi connectivity index (χ0v) is 13.5. The zero-order chi connectivity index (χ0) is 16.4. The highest BCUT2D eigenvalue weighted by Crippen LogP contribution is 2.31. The molecule has 0 aliphatic heterocycles. The third-order valence-electron chi connectivity index (χ3n) is 4.65. The van der Waals surface area contributed by atoms with E-state index in [1.165, 1.54) is 0 Å². The molecule has 0 bridgehead atoms. The van der Waals surface area contributed by atoms with Crippen molar-refractivity contribution in [2.45, 2.75) is 51.2 Å². The Labute approximate surface area is 135 Å². The van der Waals surface area contributed by atoms with Crippen LogP contribution in [0.3, 0.4) is 0 Å². The number of aromatic nitrogens is 1. The molecule has 0 fully saturated rings. The molecule has 0 radical (unpaired) electrons. The van der Waals surface area contributed by atoms with Crippen LogP contribution in [0.1, 0.15) is 66.0 Å². The summed E-state index contributed by atoms with van der Waals surface area (Å²) in [7, 11) is 0. The topological polar surface area (TPSA) is 75.4 Å². The Morgan fingerprint density at radius 2 is 2.13 bits per heavy atom. The fraction of sp³-hybridized carbons (Fsp3) is 0.444. The standard InChI is InChI=1S/C18H22N2O3/c1-3-11(4-2)14-10-16(23-20-14)18(22)19-17-13-8-6-5-7-12(13)9-15(17)21/h5-8,10-11,15,17,21H,3-4,9H2,1-2H3,(H,19,22). The lowest BCUT2D eigenvalue weighted by atomic mass is 9.99. The molecule has 0 spiro atoms. The van der Waals surface area contributed by atoms with Gasteiger partial charge in [0.1, 0.15) is 0 Å². The van der Waals surface area contributed by atoms with Crippen LogP contribution in [0.25, 0.3) is 0 Å². The second-order valence-corrected chi connectivity index (χ2v) is 6.05. The second-order valence-electron chi connectivity index (χ2n) is 6.05. The van der Waals surface area contributed by atoms with E-state index >= 15 is 0 Å². The number of hydrogen-bond donors (Lipinski definition) is 2. The molecular weight excluding hydrogens is 292 g/mol. The van der Waals surface area contributed by atoms with E-state index in [0.29, 0.717) is 12.3 Å².